The number of halogens is 3. The number of anilines is 1. The lowest BCUT2D eigenvalue weighted by atomic mass is 10.3. The number of thioether (sulfide) groups is 1. The third kappa shape index (κ3) is 5.03. The van der Waals surface area contributed by atoms with E-state index in [0.29, 0.717) is 43.5 Å². The number of carbonyl (C=O) groups is 1. The van der Waals surface area contributed by atoms with Crippen LogP contribution in [0, 0.1) is 0 Å². The second-order valence-electron chi connectivity index (χ2n) is 6.66. The number of amides is 1. The molecule has 156 valence electrons. The van der Waals surface area contributed by atoms with E-state index >= 15 is 0 Å². The van der Waals surface area contributed by atoms with Gasteiger partial charge in [-0.05, 0) is 37.1 Å². The largest absolute Gasteiger partial charge is 0.484 e. The summed E-state index contributed by atoms with van der Waals surface area (Å²) in [5, 5.41) is 13.2. The first kappa shape index (κ1) is 21.3. The Bertz CT molecular complexity index is 1070. The van der Waals surface area contributed by atoms with E-state index in [9.17, 15) is 4.79 Å². The van der Waals surface area contributed by atoms with Gasteiger partial charge in [0.2, 0.25) is 5.91 Å². The highest BCUT2D eigenvalue weighted by Gasteiger charge is 2.30. The zero-order valence-corrected chi connectivity index (χ0v) is 18.7. The average molecular weight is 484 g/mol. The van der Waals surface area contributed by atoms with E-state index in [2.05, 4.69) is 15.5 Å². The van der Waals surface area contributed by atoms with Crippen LogP contribution >= 0.6 is 46.6 Å². The summed E-state index contributed by atoms with van der Waals surface area (Å²) in [5.74, 6) is 1.26. The van der Waals surface area contributed by atoms with Crippen LogP contribution < -0.4 is 10.1 Å². The van der Waals surface area contributed by atoms with Crippen molar-refractivity contribution in [3.8, 4) is 5.75 Å². The quantitative estimate of drug-likeness (QED) is 0.405. The zero-order valence-electron chi connectivity index (χ0n) is 15.6. The van der Waals surface area contributed by atoms with Crippen molar-refractivity contribution in [3.63, 3.8) is 0 Å². The molecule has 0 atom stereocenters. The zero-order chi connectivity index (χ0) is 21.1. The summed E-state index contributed by atoms with van der Waals surface area (Å²) in [6.45, 7) is 0.248. The second kappa shape index (κ2) is 9.47. The van der Waals surface area contributed by atoms with Crippen LogP contribution in [-0.4, -0.2) is 26.4 Å². The molecule has 0 aliphatic heterocycles. The molecule has 1 aromatic heterocycles. The minimum Gasteiger partial charge on any atom is -0.484 e. The summed E-state index contributed by atoms with van der Waals surface area (Å²) < 4.78 is 7.86. The van der Waals surface area contributed by atoms with Crippen LogP contribution in [0.2, 0.25) is 15.1 Å². The SMILES string of the molecule is O=C(CSc1nnc(COc2ccccc2Cl)n1C1CC1)Nc1cccc(Cl)c1Cl. The Kier molecular flexibility index (Phi) is 6.73. The molecule has 1 fully saturated rings. The van der Waals surface area contributed by atoms with Crippen LogP contribution in [0.4, 0.5) is 5.69 Å². The first-order valence-corrected chi connectivity index (χ1v) is 11.3. The third-order valence-electron chi connectivity index (χ3n) is 4.40. The van der Waals surface area contributed by atoms with Gasteiger partial charge in [-0.3, -0.25) is 9.36 Å². The molecular formula is C20H17Cl3N4O2S. The van der Waals surface area contributed by atoms with Crippen molar-refractivity contribution in [3.05, 3.63) is 63.4 Å². The molecule has 1 N–H and O–H groups in total. The van der Waals surface area contributed by atoms with Crippen molar-refractivity contribution < 1.29 is 9.53 Å². The first-order valence-electron chi connectivity index (χ1n) is 9.20. The lowest BCUT2D eigenvalue weighted by Crippen LogP contribution is -2.15. The Morgan fingerprint density at radius 1 is 1.10 bits per heavy atom. The van der Waals surface area contributed by atoms with Crippen LogP contribution in [0.1, 0.15) is 24.7 Å². The van der Waals surface area contributed by atoms with Crippen molar-refractivity contribution >= 4 is 58.2 Å². The molecule has 30 heavy (non-hydrogen) atoms. The van der Waals surface area contributed by atoms with Crippen LogP contribution in [0.5, 0.6) is 5.75 Å². The Hall–Kier alpha value is -1.93. The summed E-state index contributed by atoms with van der Waals surface area (Å²) in [4.78, 5) is 12.4. The Labute approximate surface area is 192 Å². The number of hydrogen-bond acceptors (Lipinski definition) is 5. The van der Waals surface area contributed by atoms with Gasteiger partial charge >= 0.3 is 0 Å². The highest BCUT2D eigenvalue weighted by atomic mass is 35.5. The number of benzene rings is 2. The molecule has 4 rings (SSSR count). The van der Waals surface area contributed by atoms with E-state index in [4.69, 9.17) is 39.5 Å². The molecule has 3 aromatic rings. The fraction of sp³-hybridized carbons (Fsp3) is 0.250. The van der Waals surface area contributed by atoms with E-state index in [1.807, 2.05) is 16.7 Å². The van der Waals surface area contributed by atoms with Crippen molar-refractivity contribution in [1.29, 1.82) is 0 Å². The van der Waals surface area contributed by atoms with E-state index in [1.165, 1.54) is 11.8 Å². The smallest absolute Gasteiger partial charge is 0.234 e. The highest BCUT2D eigenvalue weighted by molar-refractivity contribution is 7.99. The molecule has 0 unspecified atom stereocenters. The van der Waals surface area contributed by atoms with Gasteiger partial charge in [0.1, 0.15) is 12.4 Å². The van der Waals surface area contributed by atoms with E-state index in [1.54, 1.807) is 30.3 Å². The average Bonchev–Trinajstić information content (AvgIpc) is 3.49. The number of nitrogens with zero attached hydrogens (tertiary/aromatic N) is 3. The summed E-state index contributed by atoms with van der Waals surface area (Å²) in [5.41, 5.74) is 0.479. The molecule has 10 heteroatoms. The minimum absolute atomic E-state index is 0.166. The maximum absolute atomic E-state index is 12.4. The molecule has 1 aliphatic rings. The van der Waals surface area contributed by atoms with Gasteiger partial charge in [0, 0.05) is 6.04 Å². The number of aromatic nitrogens is 3. The molecule has 1 aliphatic carbocycles. The second-order valence-corrected chi connectivity index (χ2v) is 8.79. The summed E-state index contributed by atoms with van der Waals surface area (Å²) in [6.07, 6.45) is 2.10. The van der Waals surface area contributed by atoms with Gasteiger partial charge in [-0.2, -0.15) is 0 Å². The van der Waals surface area contributed by atoms with Crippen molar-refractivity contribution in [2.45, 2.75) is 30.6 Å². The molecule has 6 nitrogen and oxygen atoms in total. The van der Waals surface area contributed by atoms with Gasteiger partial charge in [-0.15, -0.1) is 10.2 Å². The van der Waals surface area contributed by atoms with Gasteiger partial charge in [0.15, 0.2) is 11.0 Å². The van der Waals surface area contributed by atoms with Crippen LogP contribution in [-0.2, 0) is 11.4 Å². The lowest BCUT2D eigenvalue weighted by Gasteiger charge is -2.11. The Morgan fingerprint density at radius 2 is 1.87 bits per heavy atom. The fourth-order valence-electron chi connectivity index (χ4n) is 2.82. The third-order valence-corrected chi connectivity index (χ3v) is 6.47. The van der Waals surface area contributed by atoms with E-state index in [-0.39, 0.29) is 18.3 Å². The Balaban J connectivity index is 1.40. The molecule has 0 radical (unpaired) electrons. The van der Waals surface area contributed by atoms with Gasteiger partial charge < -0.3 is 10.1 Å². The maximum atomic E-state index is 12.4. The first-order chi connectivity index (χ1) is 14.5. The van der Waals surface area contributed by atoms with Crippen molar-refractivity contribution in [2.24, 2.45) is 0 Å². The molecular weight excluding hydrogens is 467 g/mol. The van der Waals surface area contributed by atoms with E-state index < -0.39 is 0 Å². The van der Waals surface area contributed by atoms with Crippen LogP contribution in [0.25, 0.3) is 0 Å². The number of para-hydroxylation sites is 1. The summed E-state index contributed by atoms with van der Waals surface area (Å²) in [6, 6.07) is 12.7. The number of rotatable bonds is 8. The minimum atomic E-state index is -0.205. The van der Waals surface area contributed by atoms with Gasteiger partial charge in [0.05, 0.1) is 26.5 Å². The molecule has 1 heterocycles. The highest BCUT2D eigenvalue weighted by Crippen LogP contribution is 2.39. The molecule has 0 spiro atoms. The van der Waals surface area contributed by atoms with Gasteiger partial charge in [-0.1, -0.05) is 64.8 Å². The number of carbonyl (C=O) groups excluding carboxylic acids is 1. The lowest BCUT2D eigenvalue weighted by molar-refractivity contribution is -0.113. The van der Waals surface area contributed by atoms with E-state index in [0.717, 1.165) is 12.8 Å². The summed E-state index contributed by atoms with van der Waals surface area (Å²) >= 11 is 19.6. The monoisotopic (exact) mass is 482 g/mol. The summed E-state index contributed by atoms with van der Waals surface area (Å²) in [7, 11) is 0. The molecule has 2 aromatic carbocycles. The normalized spacial score (nSPS) is 13.3. The molecule has 1 amide bonds. The van der Waals surface area contributed by atoms with Gasteiger partial charge in [0.25, 0.3) is 0 Å². The Morgan fingerprint density at radius 3 is 2.63 bits per heavy atom. The fourth-order valence-corrected chi connectivity index (χ4v) is 4.19. The number of nitrogens with one attached hydrogen (secondary N) is 1. The van der Waals surface area contributed by atoms with Gasteiger partial charge in [-0.25, -0.2) is 0 Å². The molecule has 0 bridgehead atoms. The van der Waals surface area contributed by atoms with Crippen molar-refractivity contribution in [1.82, 2.24) is 14.8 Å². The maximum Gasteiger partial charge on any atom is 0.234 e. The standard InChI is InChI=1S/C20H17Cl3N4O2S/c21-13-4-1-2-7-16(13)29-10-17-25-26-20(27(17)12-8-9-12)30-11-18(28)24-15-6-3-5-14(22)19(15)23/h1-7,12H,8-11H2,(H,24,28). The predicted octanol–water partition coefficient (Wildman–Crippen LogP) is 5.88. The van der Waals surface area contributed by atoms with Crippen LogP contribution in [0.15, 0.2) is 47.6 Å². The molecule has 0 saturated heterocycles. The van der Waals surface area contributed by atoms with Crippen LogP contribution in [0.3, 0.4) is 0 Å². The predicted molar refractivity (Wildman–Crippen MR) is 120 cm³/mol. The number of ether oxygens (including phenoxy) is 1. The topological polar surface area (TPSA) is 69.0 Å². The molecule has 1 saturated carbocycles. The van der Waals surface area contributed by atoms with Crippen molar-refractivity contribution in [2.75, 3.05) is 11.1 Å². The number of hydrogen-bond donors (Lipinski definition) is 1.